The van der Waals surface area contributed by atoms with Crippen molar-refractivity contribution in [3.8, 4) is 0 Å². The quantitative estimate of drug-likeness (QED) is 0.847. The molecule has 2 aromatic rings. The van der Waals surface area contributed by atoms with Gasteiger partial charge in [-0.2, -0.15) is 0 Å². The number of hydrogen-bond acceptors (Lipinski definition) is 2. The maximum Gasteiger partial charge on any atom is 0.253 e. The fourth-order valence-electron chi connectivity index (χ4n) is 1.98. The Morgan fingerprint density at radius 3 is 2.60 bits per heavy atom. The Labute approximate surface area is 123 Å². The molecule has 2 rings (SSSR count). The summed E-state index contributed by atoms with van der Waals surface area (Å²) in [5, 5.41) is 3.42. The van der Waals surface area contributed by atoms with Crippen LogP contribution in [0.5, 0.6) is 0 Å². The zero-order valence-electron chi connectivity index (χ0n) is 11.3. The summed E-state index contributed by atoms with van der Waals surface area (Å²) >= 11 is 5.82. The molecule has 1 amide bonds. The van der Waals surface area contributed by atoms with Crippen molar-refractivity contribution in [3.05, 3.63) is 64.7 Å². The van der Waals surface area contributed by atoms with E-state index in [0.717, 1.165) is 0 Å². The molecular weight excluding hydrogens is 272 g/mol. The summed E-state index contributed by atoms with van der Waals surface area (Å²) < 4.78 is 0. The maximum absolute atomic E-state index is 12.1. The normalized spacial score (nSPS) is 11.9. The predicted octanol–water partition coefficient (Wildman–Crippen LogP) is 3.46. The van der Waals surface area contributed by atoms with E-state index in [-0.39, 0.29) is 11.8 Å². The number of nitrogens with one attached hydrogen (secondary N) is 1. The zero-order valence-corrected chi connectivity index (χ0v) is 12.0. The predicted molar refractivity (Wildman–Crippen MR) is 83.1 cm³/mol. The van der Waals surface area contributed by atoms with E-state index < -0.39 is 0 Å². The standard InChI is InChI=1S/C16H17ClN2O/c1-11(12-5-3-2-4-6-12)10-19-16(20)14-8-7-13(17)9-15(14)18/h2-9,11H,10,18H2,1H3,(H,19,20). The smallest absolute Gasteiger partial charge is 0.253 e. The monoisotopic (exact) mass is 288 g/mol. The SMILES string of the molecule is CC(CNC(=O)c1ccc(Cl)cc1N)c1ccccc1. The van der Waals surface area contributed by atoms with Crippen LogP contribution in [0.3, 0.4) is 0 Å². The first-order valence-corrected chi connectivity index (χ1v) is 6.84. The van der Waals surface area contributed by atoms with Crippen LogP contribution in [0.4, 0.5) is 5.69 Å². The second-order valence-electron chi connectivity index (χ2n) is 4.75. The van der Waals surface area contributed by atoms with Gasteiger partial charge in [-0.25, -0.2) is 0 Å². The number of carbonyl (C=O) groups is 1. The van der Waals surface area contributed by atoms with Crippen LogP contribution in [0, 0.1) is 0 Å². The molecule has 0 aliphatic carbocycles. The van der Waals surface area contributed by atoms with Gasteiger partial charge in [0.2, 0.25) is 0 Å². The topological polar surface area (TPSA) is 55.1 Å². The molecule has 0 aliphatic rings. The molecule has 0 bridgehead atoms. The van der Waals surface area contributed by atoms with Crippen LogP contribution >= 0.6 is 11.6 Å². The molecule has 1 atom stereocenters. The minimum atomic E-state index is -0.179. The Bertz CT molecular complexity index is 599. The molecule has 3 N–H and O–H groups in total. The molecule has 0 aromatic heterocycles. The van der Waals surface area contributed by atoms with Crippen LogP contribution in [0.2, 0.25) is 5.02 Å². The Kier molecular flexibility index (Phi) is 4.64. The average molecular weight is 289 g/mol. The molecule has 2 aromatic carbocycles. The molecular formula is C16H17ClN2O. The third-order valence-corrected chi connectivity index (χ3v) is 3.43. The van der Waals surface area contributed by atoms with Gasteiger partial charge in [-0.15, -0.1) is 0 Å². The number of carbonyl (C=O) groups excluding carboxylic acids is 1. The minimum Gasteiger partial charge on any atom is -0.398 e. The lowest BCUT2D eigenvalue weighted by Crippen LogP contribution is -2.28. The zero-order chi connectivity index (χ0) is 14.5. The van der Waals surface area contributed by atoms with E-state index in [1.54, 1.807) is 18.2 Å². The van der Waals surface area contributed by atoms with Crippen molar-refractivity contribution in [2.24, 2.45) is 0 Å². The van der Waals surface area contributed by atoms with Gasteiger partial charge in [0.25, 0.3) is 5.91 Å². The van der Waals surface area contributed by atoms with Crippen LogP contribution in [0.15, 0.2) is 48.5 Å². The van der Waals surface area contributed by atoms with Crippen molar-refractivity contribution in [1.29, 1.82) is 0 Å². The van der Waals surface area contributed by atoms with Crippen LogP contribution < -0.4 is 11.1 Å². The van der Waals surface area contributed by atoms with Gasteiger partial charge >= 0.3 is 0 Å². The van der Waals surface area contributed by atoms with Gasteiger partial charge < -0.3 is 11.1 Å². The number of nitrogen functional groups attached to an aromatic ring is 1. The van der Waals surface area contributed by atoms with Crippen LogP contribution in [0.25, 0.3) is 0 Å². The van der Waals surface area contributed by atoms with E-state index in [9.17, 15) is 4.79 Å². The van der Waals surface area contributed by atoms with E-state index >= 15 is 0 Å². The van der Waals surface area contributed by atoms with Crippen molar-refractivity contribution < 1.29 is 4.79 Å². The van der Waals surface area contributed by atoms with Gasteiger partial charge in [0.1, 0.15) is 0 Å². The van der Waals surface area contributed by atoms with Crippen molar-refractivity contribution in [1.82, 2.24) is 5.32 Å². The number of amides is 1. The van der Waals surface area contributed by atoms with E-state index in [2.05, 4.69) is 12.2 Å². The molecule has 0 radical (unpaired) electrons. The highest BCUT2D eigenvalue weighted by atomic mass is 35.5. The fourth-order valence-corrected chi connectivity index (χ4v) is 2.16. The number of halogens is 1. The van der Waals surface area contributed by atoms with Gasteiger partial charge in [0.05, 0.1) is 5.56 Å². The van der Waals surface area contributed by atoms with Gasteiger partial charge in [0, 0.05) is 17.3 Å². The lowest BCUT2D eigenvalue weighted by molar-refractivity contribution is 0.0952. The molecule has 4 heteroatoms. The van der Waals surface area contributed by atoms with Gasteiger partial charge in [-0.05, 0) is 29.7 Å². The average Bonchev–Trinajstić information content (AvgIpc) is 2.45. The molecule has 20 heavy (non-hydrogen) atoms. The molecule has 104 valence electrons. The van der Waals surface area contributed by atoms with Crippen molar-refractivity contribution in [2.45, 2.75) is 12.8 Å². The Balaban J connectivity index is 1.99. The van der Waals surface area contributed by atoms with E-state index in [1.807, 2.05) is 30.3 Å². The molecule has 0 saturated heterocycles. The van der Waals surface area contributed by atoms with Crippen LogP contribution in [-0.2, 0) is 0 Å². The van der Waals surface area contributed by atoms with Gasteiger partial charge in [0.15, 0.2) is 0 Å². The number of rotatable bonds is 4. The highest BCUT2D eigenvalue weighted by Gasteiger charge is 2.12. The first-order chi connectivity index (χ1) is 9.58. The van der Waals surface area contributed by atoms with E-state index in [1.165, 1.54) is 5.56 Å². The molecule has 3 nitrogen and oxygen atoms in total. The highest BCUT2D eigenvalue weighted by Crippen LogP contribution is 2.18. The summed E-state index contributed by atoms with van der Waals surface area (Å²) in [6.45, 7) is 2.63. The van der Waals surface area contributed by atoms with Gasteiger partial charge in [-0.3, -0.25) is 4.79 Å². The second-order valence-corrected chi connectivity index (χ2v) is 5.19. The summed E-state index contributed by atoms with van der Waals surface area (Å²) in [6, 6.07) is 14.9. The van der Waals surface area contributed by atoms with Crippen LogP contribution in [0.1, 0.15) is 28.8 Å². The highest BCUT2D eigenvalue weighted by molar-refractivity contribution is 6.31. The Hall–Kier alpha value is -2.00. The summed E-state index contributed by atoms with van der Waals surface area (Å²) in [7, 11) is 0. The van der Waals surface area contributed by atoms with Gasteiger partial charge in [-0.1, -0.05) is 48.9 Å². The number of hydrogen-bond donors (Lipinski definition) is 2. The lowest BCUT2D eigenvalue weighted by Gasteiger charge is -2.13. The largest absolute Gasteiger partial charge is 0.398 e. The fraction of sp³-hybridized carbons (Fsp3) is 0.188. The van der Waals surface area contributed by atoms with Crippen LogP contribution in [-0.4, -0.2) is 12.5 Å². The second kappa shape index (κ2) is 6.44. The molecule has 0 spiro atoms. The summed E-state index contributed by atoms with van der Waals surface area (Å²) in [5.74, 6) is 0.0654. The Morgan fingerprint density at radius 1 is 1.25 bits per heavy atom. The number of anilines is 1. The minimum absolute atomic E-state index is 0.179. The lowest BCUT2D eigenvalue weighted by atomic mass is 10.0. The van der Waals surface area contributed by atoms with E-state index in [4.69, 9.17) is 17.3 Å². The first-order valence-electron chi connectivity index (χ1n) is 6.46. The summed E-state index contributed by atoms with van der Waals surface area (Å²) in [4.78, 5) is 12.1. The third-order valence-electron chi connectivity index (χ3n) is 3.20. The number of benzene rings is 2. The van der Waals surface area contributed by atoms with Crippen molar-refractivity contribution in [3.63, 3.8) is 0 Å². The maximum atomic E-state index is 12.1. The molecule has 0 saturated carbocycles. The van der Waals surface area contributed by atoms with E-state index in [0.29, 0.717) is 22.8 Å². The molecule has 0 heterocycles. The Morgan fingerprint density at radius 2 is 1.95 bits per heavy atom. The molecule has 0 aliphatic heterocycles. The molecule has 1 unspecified atom stereocenters. The molecule has 0 fully saturated rings. The first kappa shape index (κ1) is 14.4. The van der Waals surface area contributed by atoms with Crippen molar-refractivity contribution >= 4 is 23.2 Å². The van der Waals surface area contributed by atoms with Crippen molar-refractivity contribution in [2.75, 3.05) is 12.3 Å². The number of nitrogens with two attached hydrogens (primary N) is 1. The third kappa shape index (κ3) is 3.52. The summed E-state index contributed by atoms with van der Waals surface area (Å²) in [5.41, 5.74) is 7.83. The summed E-state index contributed by atoms with van der Waals surface area (Å²) in [6.07, 6.45) is 0.